The van der Waals surface area contributed by atoms with Crippen LogP contribution in [0.25, 0.3) is 0 Å². The summed E-state index contributed by atoms with van der Waals surface area (Å²) in [6.45, 7) is 2.34. The molecule has 0 bridgehead atoms. The maximum atomic E-state index is 13.0. The van der Waals surface area contributed by atoms with Crippen LogP contribution >= 0.6 is 0 Å². The minimum absolute atomic E-state index is 0.185. The Hall–Kier alpha value is -2.41. The lowest BCUT2D eigenvalue weighted by molar-refractivity contribution is 0.302. The predicted molar refractivity (Wildman–Crippen MR) is 80.6 cm³/mol. The van der Waals surface area contributed by atoms with E-state index in [9.17, 15) is 14.0 Å². The Kier molecular flexibility index (Phi) is 5.48. The molecule has 0 spiro atoms. The SMILES string of the molecule is Cc1ccccc1C(C#N)CCCOc1ccc(F)c(F)c1. The molecule has 0 aromatic heterocycles. The third-order valence-electron chi connectivity index (χ3n) is 3.52. The molecule has 2 aromatic rings. The van der Waals surface area contributed by atoms with E-state index >= 15 is 0 Å². The van der Waals surface area contributed by atoms with Crippen LogP contribution in [0.15, 0.2) is 42.5 Å². The topological polar surface area (TPSA) is 33.0 Å². The molecule has 2 aromatic carbocycles. The van der Waals surface area contributed by atoms with Crippen LogP contribution in [0.5, 0.6) is 5.75 Å². The number of nitriles is 1. The van der Waals surface area contributed by atoms with Crippen molar-refractivity contribution in [1.29, 1.82) is 5.26 Å². The van der Waals surface area contributed by atoms with E-state index in [1.807, 2.05) is 31.2 Å². The highest BCUT2D eigenvalue weighted by atomic mass is 19.2. The molecule has 0 heterocycles. The van der Waals surface area contributed by atoms with Gasteiger partial charge in [0.2, 0.25) is 0 Å². The first-order valence-corrected chi connectivity index (χ1v) is 7.15. The first-order chi connectivity index (χ1) is 10.6. The zero-order valence-corrected chi connectivity index (χ0v) is 12.4. The average Bonchev–Trinajstić information content (AvgIpc) is 2.52. The smallest absolute Gasteiger partial charge is 0.162 e. The van der Waals surface area contributed by atoms with Crippen LogP contribution in [0.2, 0.25) is 0 Å². The van der Waals surface area contributed by atoms with Crippen molar-refractivity contribution in [1.82, 2.24) is 0 Å². The molecule has 114 valence electrons. The van der Waals surface area contributed by atoms with Crippen molar-refractivity contribution in [3.8, 4) is 11.8 Å². The summed E-state index contributed by atoms with van der Waals surface area (Å²) in [6.07, 6.45) is 1.32. The zero-order chi connectivity index (χ0) is 15.9. The van der Waals surface area contributed by atoms with E-state index in [-0.39, 0.29) is 5.92 Å². The summed E-state index contributed by atoms with van der Waals surface area (Å²) < 4.78 is 31.2. The van der Waals surface area contributed by atoms with Crippen molar-refractivity contribution in [3.05, 3.63) is 65.2 Å². The predicted octanol–water partition coefficient (Wildman–Crippen LogP) is 4.74. The van der Waals surface area contributed by atoms with E-state index in [0.717, 1.165) is 23.3 Å². The molecule has 0 aliphatic heterocycles. The van der Waals surface area contributed by atoms with Gasteiger partial charge in [-0.25, -0.2) is 8.78 Å². The molecule has 0 N–H and O–H groups in total. The van der Waals surface area contributed by atoms with Crippen LogP contribution < -0.4 is 4.74 Å². The third-order valence-corrected chi connectivity index (χ3v) is 3.52. The Labute approximate surface area is 129 Å². The Morgan fingerprint density at radius 1 is 1.14 bits per heavy atom. The monoisotopic (exact) mass is 301 g/mol. The average molecular weight is 301 g/mol. The summed E-state index contributed by atoms with van der Waals surface area (Å²) in [5.74, 6) is -1.71. The van der Waals surface area contributed by atoms with Gasteiger partial charge in [-0.1, -0.05) is 24.3 Å². The molecule has 2 rings (SSSR count). The molecule has 0 aliphatic carbocycles. The molecule has 1 atom stereocenters. The highest BCUT2D eigenvalue weighted by Crippen LogP contribution is 2.24. The van der Waals surface area contributed by atoms with Crippen molar-refractivity contribution in [2.75, 3.05) is 6.61 Å². The van der Waals surface area contributed by atoms with E-state index in [4.69, 9.17) is 4.74 Å². The Balaban J connectivity index is 1.86. The van der Waals surface area contributed by atoms with E-state index in [0.29, 0.717) is 25.2 Å². The highest BCUT2D eigenvalue weighted by Gasteiger charge is 2.12. The van der Waals surface area contributed by atoms with E-state index in [1.165, 1.54) is 6.07 Å². The molecule has 4 heteroatoms. The summed E-state index contributed by atoms with van der Waals surface area (Å²) in [6, 6.07) is 13.6. The maximum absolute atomic E-state index is 13.0. The van der Waals surface area contributed by atoms with Crippen LogP contribution in [0.1, 0.15) is 29.9 Å². The Morgan fingerprint density at radius 3 is 2.59 bits per heavy atom. The zero-order valence-electron chi connectivity index (χ0n) is 12.4. The van der Waals surface area contributed by atoms with Crippen molar-refractivity contribution >= 4 is 0 Å². The van der Waals surface area contributed by atoms with Gasteiger partial charge in [-0.2, -0.15) is 5.26 Å². The highest BCUT2D eigenvalue weighted by molar-refractivity contribution is 5.32. The van der Waals surface area contributed by atoms with Gasteiger partial charge in [-0.3, -0.25) is 0 Å². The number of nitrogens with zero attached hydrogens (tertiary/aromatic N) is 1. The molecule has 2 nitrogen and oxygen atoms in total. The van der Waals surface area contributed by atoms with Crippen LogP contribution in [-0.4, -0.2) is 6.61 Å². The molecule has 0 aliphatic rings. The van der Waals surface area contributed by atoms with Gasteiger partial charge in [0.15, 0.2) is 11.6 Å². The lowest BCUT2D eigenvalue weighted by Crippen LogP contribution is -2.03. The van der Waals surface area contributed by atoms with Crippen LogP contribution in [0, 0.1) is 29.9 Å². The molecule has 0 saturated carbocycles. The Morgan fingerprint density at radius 2 is 1.91 bits per heavy atom. The summed E-state index contributed by atoms with van der Waals surface area (Å²) >= 11 is 0. The summed E-state index contributed by atoms with van der Waals surface area (Å²) in [5.41, 5.74) is 2.12. The van der Waals surface area contributed by atoms with Crippen LogP contribution in [-0.2, 0) is 0 Å². The van der Waals surface area contributed by atoms with Gasteiger partial charge in [0.1, 0.15) is 5.75 Å². The lowest BCUT2D eigenvalue weighted by atomic mass is 9.92. The second-order valence-electron chi connectivity index (χ2n) is 5.10. The molecular weight excluding hydrogens is 284 g/mol. The maximum Gasteiger partial charge on any atom is 0.162 e. The summed E-state index contributed by atoms with van der Waals surface area (Å²) in [7, 11) is 0. The fourth-order valence-corrected chi connectivity index (χ4v) is 2.31. The Bertz CT molecular complexity index is 679. The molecule has 1 unspecified atom stereocenters. The van der Waals surface area contributed by atoms with Gasteiger partial charge in [0.25, 0.3) is 0 Å². The minimum Gasteiger partial charge on any atom is -0.493 e. The molecule has 0 radical (unpaired) electrons. The van der Waals surface area contributed by atoms with E-state index < -0.39 is 11.6 Å². The van der Waals surface area contributed by atoms with Gasteiger partial charge in [0, 0.05) is 6.07 Å². The van der Waals surface area contributed by atoms with E-state index in [1.54, 1.807) is 0 Å². The molecule has 22 heavy (non-hydrogen) atoms. The number of halogens is 2. The standard InChI is InChI=1S/C18H17F2NO/c1-13-5-2-3-7-16(13)14(12-21)6-4-10-22-15-8-9-17(19)18(20)11-15/h2-3,5,7-9,11,14H,4,6,10H2,1H3. The summed E-state index contributed by atoms with van der Waals surface area (Å²) in [5, 5.41) is 9.31. The van der Waals surface area contributed by atoms with Crippen LogP contribution in [0.3, 0.4) is 0 Å². The lowest BCUT2D eigenvalue weighted by Gasteiger charge is -2.12. The van der Waals surface area contributed by atoms with Crippen molar-refractivity contribution in [2.45, 2.75) is 25.7 Å². The van der Waals surface area contributed by atoms with E-state index in [2.05, 4.69) is 6.07 Å². The second-order valence-corrected chi connectivity index (χ2v) is 5.10. The largest absolute Gasteiger partial charge is 0.493 e. The molecule has 0 saturated heterocycles. The second kappa shape index (κ2) is 7.56. The number of aryl methyl sites for hydroxylation is 1. The van der Waals surface area contributed by atoms with Crippen molar-refractivity contribution in [3.63, 3.8) is 0 Å². The normalized spacial score (nSPS) is 11.7. The number of benzene rings is 2. The number of hydrogen-bond donors (Lipinski definition) is 0. The first-order valence-electron chi connectivity index (χ1n) is 7.15. The quantitative estimate of drug-likeness (QED) is 0.722. The minimum atomic E-state index is -0.924. The molecule has 0 amide bonds. The van der Waals surface area contributed by atoms with Gasteiger partial charge in [-0.05, 0) is 43.0 Å². The fourth-order valence-electron chi connectivity index (χ4n) is 2.31. The molecular formula is C18H17F2NO. The van der Waals surface area contributed by atoms with Gasteiger partial charge < -0.3 is 4.74 Å². The summed E-state index contributed by atoms with van der Waals surface area (Å²) in [4.78, 5) is 0. The van der Waals surface area contributed by atoms with Crippen LogP contribution in [0.4, 0.5) is 8.78 Å². The molecule has 0 fully saturated rings. The van der Waals surface area contributed by atoms with Gasteiger partial charge >= 0.3 is 0 Å². The van der Waals surface area contributed by atoms with Crippen molar-refractivity contribution in [2.24, 2.45) is 0 Å². The first kappa shape index (κ1) is 16.0. The fraction of sp³-hybridized carbons (Fsp3) is 0.278. The third kappa shape index (κ3) is 4.05. The number of rotatable bonds is 6. The number of ether oxygens (including phenoxy) is 1. The van der Waals surface area contributed by atoms with Crippen molar-refractivity contribution < 1.29 is 13.5 Å². The van der Waals surface area contributed by atoms with Gasteiger partial charge in [0.05, 0.1) is 18.6 Å². The number of hydrogen-bond acceptors (Lipinski definition) is 2. The van der Waals surface area contributed by atoms with Gasteiger partial charge in [-0.15, -0.1) is 0 Å².